The van der Waals surface area contributed by atoms with E-state index >= 15 is 0 Å². The summed E-state index contributed by atoms with van der Waals surface area (Å²) in [6.07, 6.45) is 0.971. The second kappa shape index (κ2) is 10.2. The molecule has 0 fully saturated rings. The van der Waals surface area contributed by atoms with Crippen LogP contribution >= 0.6 is 0 Å². The number of carbonyl (C=O) groups is 3. The highest BCUT2D eigenvalue weighted by Gasteiger charge is 2.26. The number of hydrogen-bond donors (Lipinski definition) is 2. The summed E-state index contributed by atoms with van der Waals surface area (Å²) in [5.74, 6) is -0.227. The maximum Gasteiger partial charge on any atom is 0.272 e. The van der Waals surface area contributed by atoms with Crippen LogP contribution in [0, 0.1) is 12.8 Å². The number of aryl methyl sites for hydroxylation is 2. The highest BCUT2D eigenvalue weighted by Crippen LogP contribution is 2.18. The van der Waals surface area contributed by atoms with Crippen molar-refractivity contribution in [2.45, 2.75) is 46.7 Å². The Labute approximate surface area is 183 Å². The van der Waals surface area contributed by atoms with Gasteiger partial charge in [-0.15, -0.1) is 0 Å². The number of nitrogens with zero attached hydrogens (tertiary/aromatic N) is 3. The quantitative estimate of drug-likeness (QED) is 0.677. The van der Waals surface area contributed by atoms with Crippen LogP contribution < -0.4 is 10.6 Å². The van der Waals surface area contributed by atoms with Crippen molar-refractivity contribution in [2.75, 3.05) is 19.6 Å². The fraction of sp³-hybridized carbons (Fsp3) is 0.478. The molecular weight excluding hydrogens is 394 g/mol. The number of amides is 3. The van der Waals surface area contributed by atoms with Gasteiger partial charge >= 0.3 is 0 Å². The van der Waals surface area contributed by atoms with Crippen molar-refractivity contribution >= 4 is 17.7 Å². The SMILES string of the molecule is Cc1ccccc1CN1CCCn2nc(C(=O)NCCC(=O)NCC(C)C)cc2C1=O. The molecule has 3 rings (SSSR count). The van der Waals surface area contributed by atoms with Gasteiger partial charge in [0.25, 0.3) is 11.8 Å². The lowest BCUT2D eigenvalue weighted by Crippen LogP contribution is -2.32. The molecule has 1 aromatic carbocycles. The monoisotopic (exact) mass is 425 g/mol. The summed E-state index contributed by atoms with van der Waals surface area (Å²) in [4.78, 5) is 39.2. The molecule has 1 aliphatic heterocycles. The van der Waals surface area contributed by atoms with Gasteiger partial charge in [0.15, 0.2) is 5.69 Å². The van der Waals surface area contributed by atoms with Crippen molar-refractivity contribution in [2.24, 2.45) is 5.92 Å². The molecule has 0 saturated heterocycles. The average Bonchev–Trinajstić information content (AvgIpc) is 3.11. The molecule has 1 aromatic heterocycles. The predicted molar refractivity (Wildman–Crippen MR) is 118 cm³/mol. The number of hydrogen-bond acceptors (Lipinski definition) is 4. The van der Waals surface area contributed by atoms with Gasteiger partial charge in [-0.25, -0.2) is 0 Å². The molecule has 2 heterocycles. The molecule has 1 aliphatic rings. The van der Waals surface area contributed by atoms with Gasteiger partial charge in [0, 0.05) is 45.2 Å². The summed E-state index contributed by atoms with van der Waals surface area (Å²) in [6, 6.07) is 9.57. The Bertz CT molecular complexity index is 950. The Morgan fingerprint density at radius 3 is 2.68 bits per heavy atom. The van der Waals surface area contributed by atoms with Gasteiger partial charge in [0.2, 0.25) is 5.91 Å². The van der Waals surface area contributed by atoms with Crippen LogP contribution in [0.3, 0.4) is 0 Å². The third-order valence-corrected chi connectivity index (χ3v) is 5.28. The topological polar surface area (TPSA) is 96.3 Å². The third-order valence-electron chi connectivity index (χ3n) is 5.28. The number of benzene rings is 1. The molecule has 2 aromatic rings. The lowest BCUT2D eigenvalue weighted by molar-refractivity contribution is -0.121. The summed E-state index contributed by atoms with van der Waals surface area (Å²) >= 11 is 0. The first-order valence-corrected chi connectivity index (χ1v) is 10.8. The van der Waals surface area contributed by atoms with Crippen LogP contribution in [0.15, 0.2) is 30.3 Å². The highest BCUT2D eigenvalue weighted by molar-refractivity contribution is 5.98. The maximum atomic E-state index is 13.1. The molecule has 3 amide bonds. The standard InChI is InChI=1S/C23H31N5O3/c1-16(2)14-25-21(29)9-10-24-22(30)19-13-20-23(31)27(11-6-12-28(20)26-19)15-18-8-5-4-7-17(18)3/h4-5,7-8,13,16H,6,9-12,14-15H2,1-3H3,(H,24,30)(H,25,29). The molecule has 8 nitrogen and oxygen atoms in total. The number of rotatable bonds is 8. The summed E-state index contributed by atoms with van der Waals surface area (Å²) < 4.78 is 1.62. The smallest absolute Gasteiger partial charge is 0.272 e. The van der Waals surface area contributed by atoms with Crippen molar-refractivity contribution in [3.63, 3.8) is 0 Å². The van der Waals surface area contributed by atoms with Crippen molar-refractivity contribution in [3.8, 4) is 0 Å². The zero-order chi connectivity index (χ0) is 22.4. The van der Waals surface area contributed by atoms with E-state index in [0.717, 1.165) is 17.5 Å². The van der Waals surface area contributed by atoms with E-state index in [2.05, 4.69) is 15.7 Å². The molecule has 0 unspecified atom stereocenters. The Kier molecular flexibility index (Phi) is 7.44. The second-order valence-electron chi connectivity index (χ2n) is 8.35. The van der Waals surface area contributed by atoms with Crippen molar-refractivity contribution in [1.29, 1.82) is 0 Å². The maximum absolute atomic E-state index is 13.1. The molecule has 31 heavy (non-hydrogen) atoms. The number of fused-ring (bicyclic) bond motifs is 1. The summed E-state index contributed by atoms with van der Waals surface area (Å²) in [7, 11) is 0. The average molecular weight is 426 g/mol. The van der Waals surface area contributed by atoms with Gasteiger partial charge in [0.05, 0.1) is 0 Å². The van der Waals surface area contributed by atoms with Gasteiger partial charge in [-0.1, -0.05) is 38.1 Å². The van der Waals surface area contributed by atoms with E-state index in [1.165, 1.54) is 0 Å². The molecule has 0 radical (unpaired) electrons. The summed E-state index contributed by atoms with van der Waals surface area (Å²) in [6.45, 7) is 8.67. The van der Waals surface area contributed by atoms with E-state index in [0.29, 0.717) is 37.8 Å². The van der Waals surface area contributed by atoms with Crippen molar-refractivity contribution < 1.29 is 14.4 Å². The van der Waals surface area contributed by atoms with E-state index in [1.54, 1.807) is 10.7 Å². The molecular formula is C23H31N5O3. The highest BCUT2D eigenvalue weighted by atomic mass is 16.2. The van der Waals surface area contributed by atoms with Gasteiger partial charge in [-0.2, -0.15) is 5.10 Å². The Morgan fingerprint density at radius 2 is 1.94 bits per heavy atom. The van der Waals surface area contributed by atoms with Crippen LogP contribution in [0.2, 0.25) is 0 Å². The number of carbonyl (C=O) groups excluding carboxylic acids is 3. The van der Waals surface area contributed by atoms with Crippen molar-refractivity contribution in [3.05, 3.63) is 52.8 Å². The zero-order valence-electron chi connectivity index (χ0n) is 18.5. The normalized spacial score (nSPS) is 13.7. The van der Waals surface area contributed by atoms with E-state index in [9.17, 15) is 14.4 Å². The van der Waals surface area contributed by atoms with Gasteiger partial charge in [-0.05, 0) is 30.4 Å². The number of aromatic nitrogens is 2. The van der Waals surface area contributed by atoms with Crippen molar-refractivity contribution in [1.82, 2.24) is 25.3 Å². The first-order valence-electron chi connectivity index (χ1n) is 10.8. The fourth-order valence-corrected chi connectivity index (χ4v) is 3.48. The molecule has 2 N–H and O–H groups in total. The molecule has 0 saturated carbocycles. The number of nitrogens with one attached hydrogen (secondary N) is 2. The van der Waals surface area contributed by atoms with Crippen LogP contribution in [0.1, 0.15) is 58.8 Å². The van der Waals surface area contributed by atoms with Gasteiger partial charge < -0.3 is 15.5 Å². The first-order chi connectivity index (χ1) is 14.8. The third kappa shape index (κ3) is 5.93. The molecule has 8 heteroatoms. The molecule has 0 aliphatic carbocycles. The van der Waals surface area contributed by atoms with E-state index in [1.807, 2.05) is 49.9 Å². The minimum Gasteiger partial charge on any atom is -0.356 e. The van der Waals surface area contributed by atoms with Crippen LogP contribution in [0.4, 0.5) is 0 Å². The van der Waals surface area contributed by atoms with Gasteiger partial charge in [-0.3, -0.25) is 19.1 Å². The van der Waals surface area contributed by atoms with Crippen LogP contribution in [-0.2, 0) is 17.9 Å². The predicted octanol–water partition coefficient (Wildman–Crippen LogP) is 2.13. The Hall–Kier alpha value is -3.16. The molecule has 0 bridgehead atoms. The van der Waals surface area contributed by atoms with E-state index in [-0.39, 0.29) is 36.4 Å². The largest absolute Gasteiger partial charge is 0.356 e. The molecule has 0 spiro atoms. The van der Waals surface area contributed by atoms with Crippen LogP contribution in [0.25, 0.3) is 0 Å². The van der Waals surface area contributed by atoms with Crippen LogP contribution in [0.5, 0.6) is 0 Å². The second-order valence-corrected chi connectivity index (χ2v) is 8.35. The minimum atomic E-state index is -0.379. The first kappa shape index (κ1) is 22.5. The fourth-order valence-electron chi connectivity index (χ4n) is 3.48. The zero-order valence-corrected chi connectivity index (χ0v) is 18.5. The van der Waals surface area contributed by atoms with Gasteiger partial charge in [0.1, 0.15) is 5.69 Å². The van der Waals surface area contributed by atoms with E-state index < -0.39 is 0 Å². The Balaban J connectivity index is 1.61. The lowest BCUT2D eigenvalue weighted by atomic mass is 10.1. The molecule has 166 valence electrons. The Morgan fingerprint density at radius 1 is 1.16 bits per heavy atom. The lowest BCUT2D eigenvalue weighted by Gasteiger charge is -2.21. The summed E-state index contributed by atoms with van der Waals surface area (Å²) in [5, 5.41) is 9.87. The van der Waals surface area contributed by atoms with E-state index in [4.69, 9.17) is 0 Å². The molecule has 0 atom stereocenters. The summed E-state index contributed by atoms with van der Waals surface area (Å²) in [5.41, 5.74) is 2.87. The van der Waals surface area contributed by atoms with Crippen LogP contribution in [-0.4, -0.2) is 52.0 Å². The minimum absolute atomic E-state index is 0.100.